The maximum absolute atomic E-state index is 9.65. The van der Waals surface area contributed by atoms with Gasteiger partial charge in [-0.05, 0) is 13.0 Å². The van der Waals surface area contributed by atoms with E-state index in [1.165, 1.54) is 13.2 Å². The van der Waals surface area contributed by atoms with E-state index in [2.05, 4.69) is 0 Å². The minimum absolute atomic E-state index is 0.0123. The maximum atomic E-state index is 9.65. The minimum Gasteiger partial charge on any atom is -0.506 e. The predicted molar refractivity (Wildman–Crippen MR) is 56.0 cm³/mol. The van der Waals surface area contributed by atoms with E-state index in [4.69, 9.17) is 16.3 Å². The molecule has 14 heavy (non-hydrogen) atoms. The van der Waals surface area contributed by atoms with Crippen LogP contribution in [0.4, 0.5) is 0 Å². The number of halogens is 1. The first kappa shape index (κ1) is 10.7. The molecule has 0 aliphatic rings. The number of rotatable bonds is 2. The summed E-state index contributed by atoms with van der Waals surface area (Å²) in [4.78, 5) is 0. The molecule has 0 bridgehead atoms. The molecule has 2 N–H and O–H groups in total. The summed E-state index contributed by atoms with van der Waals surface area (Å²) in [5, 5.41) is 19.1. The molecule has 0 aliphatic carbocycles. The molecule has 0 saturated heterocycles. The third kappa shape index (κ3) is 1.77. The van der Waals surface area contributed by atoms with Gasteiger partial charge in [0, 0.05) is 5.56 Å². The quantitative estimate of drug-likeness (QED) is 0.745. The second kappa shape index (κ2) is 4.24. The van der Waals surface area contributed by atoms with Gasteiger partial charge in [0.1, 0.15) is 10.8 Å². The molecule has 0 radical (unpaired) electrons. The van der Waals surface area contributed by atoms with Crippen molar-refractivity contribution in [1.82, 2.24) is 0 Å². The highest BCUT2D eigenvalue weighted by Gasteiger charge is 2.14. The van der Waals surface area contributed by atoms with E-state index in [1.807, 2.05) is 0 Å². The average Bonchev–Trinajstić information content (AvgIpc) is 2.16. The van der Waals surface area contributed by atoms with Crippen molar-refractivity contribution in [3.05, 3.63) is 22.7 Å². The molecule has 3 nitrogen and oxygen atoms in total. The number of hydrogen-bond donors (Lipinski definition) is 2. The lowest BCUT2D eigenvalue weighted by Gasteiger charge is -2.09. The molecule has 1 aromatic rings. The van der Waals surface area contributed by atoms with Crippen LogP contribution in [0.15, 0.2) is 12.1 Å². The van der Waals surface area contributed by atoms with Crippen LogP contribution in [0, 0.1) is 0 Å². The molecule has 4 heteroatoms. The second-order valence-electron chi connectivity index (χ2n) is 2.68. The van der Waals surface area contributed by atoms with Gasteiger partial charge >= 0.3 is 0 Å². The monoisotopic (exact) mass is 214 g/mol. The Kier molecular flexibility index (Phi) is 3.25. The summed E-state index contributed by atoms with van der Waals surface area (Å²) in [5.74, 6) is -0.109. The molecule has 0 aliphatic heterocycles. The standard InChI is InChI=1S/C10H11ClO3/c1-3-4-6-5-7(12)8(11)10(14-2)9(6)13/h3-5,12-13H,1-2H3/b4-3+. The molecule has 0 heterocycles. The van der Waals surface area contributed by atoms with E-state index in [9.17, 15) is 10.2 Å². The van der Waals surface area contributed by atoms with Crippen molar-refractivity contribution in [2.75, 3.05) is 7.11 Å². The van der Waals surface area contributed by atoms with Gasteiger partial charge in [-0.15, -0.1) is 0 Å². The van der Waals surface area contributed by atoms with Crippen LogP contribution in [0.1, 0.15) is 12.5 Å². The van der Waals surface area contributed by atoms with Gasteiger partial charge in [-0.3, -0.25) is 0 Å². The van der Waals surface area contributed by atoms with Crippen molar-refractivity contribution >= 4 is 17.7 Å². The van der Waals surface area contributed by atoms with Crippen LogP contribution >= 0.6 is 11.6 Å². The fourth-order valence-corrected chi connectivity index (χ4v) is 1.34. The first-order chi connectivity index (χ1) is 6.61. The van der Waals surface area contributed by atoms with E-state index in [0.29, 0.717) is 5.56 Å². The molecule has 0 unspecified atom stereocenters. The van der Waals surface area contributed by atoms with Crippen molar-refractivity contribution in [3.63, 3.8) is 0 Å². The topological polar surface area (TPSA) is 49.7 Å². The zero-order valence-electron chi connectivity index (χ0n) is 7.91. The predicted octanol–water partition coefficient (Wildman–Crippen LogP) is 2.79. The van der Waals surface area contributed by atoms with Crippen molar-refractivity contribution in [2.24, 2.45) is 0 Å². The Bertz CT molecular complexity index is 372. The lowest BCUT2D eigenvalue weighted by Crippen LogP contribution is -1.88. The maximum Gasteiger partial charge on any atom is 0.183 e. The van der Waals surface area contributed by atoms with Crippen LogP contribution in [0.2, 0.25) is 5.02 Å². The number of aromatic hydroxyl groups is 2. The van der Waals surface area contributed by atoms with E-state index in [-0.39, 0.29) is 22.3 Å². The molecule has 0 spiro atoms. The number of benzene rings is 1. The van der Waals surface area contributed by atoms with Gasteiger partial charge < -0.3 is 14.9 Å². The number of phenols is 2. The van der Waals surface area contributed by atoms with E-state index in [1.54, 1.807) is 19.1 Å². The number of phenolic OH excluding ortho intramolecular Hbond substituents is 2. The molecule has 0 aromatic heterocycles. The molecule has 1 rings (SSSR count). The van der Waals surface area contributed by atoms with Gasteiger partial charge in [0.25, 0.3) is 0 Å². The number of allylic oxidation sites excluding steroid dienone is 1. The van der Waals surface area contributed by atoms with Crippen LogP contribution < -0.4 is 4.74 Å². The summed E-state index contributed by atoms with van der Waals surface area (Å²) in [6.07, 6.45) is 3.38. The molecule has 76 valence electrons. The summed E-state index contributed by atoms with van der Waals surface area (Å²) in [6.45, 7) is 1.80. The van der Waals surface area contributed by atoms with E-state index < -0.39 is 0 Å². The highest BCUT2D eigenvalue weighted by atomic mass is 35.5. The molecule has 0 amide bonds. The zero-order valence-corrected chi connectivity index (χ0v) is 8.67. The summed E-state index contributed by atoms with van der Waals surface area (Å²) in [7, 11) is 1.37. The molecule has 1 aromatic carbocycles. The van der Waals surface area contributed by atoms with Crippen LogP contribution in [0.5, 0.6) is 17.2 Å². The van der Waals surface area contributed by atoms with Gasteiger partial charge in [-0.2, -0.15) is 0 Å². The van der Waals surface area contributed by atoms with Gasteiger partial charge in [0.2, 0.25) is 0 Å². The van der Waals surface area contributed by atoms with Crippen LogP contribution in [0.3, 0.4) is 0 Å². The number of methoxy groups -OCH3 is 1. The first-order valence-electron chi connectivity index (χ1n) is 4.03. The first-order valence-corrected chi connectivity index (χ1v) is 4.40. The van der Waals surface area contributed by atoms with Crippen molar-refractivity contribution in [2.45, 2.75) is 6.92 Å². The normalized spacial score (nSPS) is 10.8. The van der Waals surface area contributed by atoms with Crippen molar-refractivity contribution < 1.29 is 14.9 Å². The Balaban J connectivity index is 3.42. The van der Waals surface area contributed by atoms with Crippen LogP contribution in [-0.4, -0.2) is 17.3 Å². The Hall–Kier alpha value is -1.35. The van der Waals surface area contributed by atoms with Crippen LogP contribution in [-0.2, 0) is 0 Å². The summed E-state index contributed by atoms with van der Waals surface area (Å²) >= 11 is 5.71. The Morgan fingerprint density at radius 2 is 2.07 bits per heavy atom. The fourth-order valence-electron chi connectivity index (χ4n) is 1.12. The third-order valence-electron chi connectivity index (χ3n) is 1.76. The lowest BCUT2D eigenvalue weighted by molar-refractivity contribution is 0.368. The van der Waals surface area contributed by atoms with Crippen molar-refractivity contribution in [1.29, 1.82) is 0 Å². The smallest absolute Gasteiger partial charge is 0.183 e. The van der Waals surface area contributed by atoms with E-state index >= 15 is 0 Å². The molecule has 0 saturated carbocycles. The van der Waals surface area contributed by atoms with Gasteiger partial charge in [0.05, 0.1) is 7.11 Å². The molecule has 0 fully saturated rings. The van der Waals surface area contributed by atoms with Crippen LogP contribution in [0.25, 0.3) is 6.08 Å². The lowest BCUT2D eigenvalue weighted by atomic mass is 10.1. The Morgan fingerprint density at radius 3 is 2.57 bits per heavy atom. The minimum atomic E-state index is -0.116. The molecular formula is C10H11ClO3. The number of hydrogen-bond acceptors (Lipinski definition) is 3. The van der Waals surface area contributed by atoms with Gasteiger partial charge in [-0.1, -0.05) is 23.8 Å². The fraction of sp³-hybridized carbons (Fsp3) is 0.200. The highest BCUT2D eigenvalue weighted by molar-refractivity contribution is 6.33. The second-order valence-corrected chi connectivity index (χ2v) is 3.06. The van der Waals surface area contributed by atoms with Gasteiger partial charge in [0.15, 0.2) is 11.5 Å². The molecular weight excluding hydrogens is 204 g/mol. The largest absolute Gasteiger partial charge is 0.506 e. The Labute approximate surface area is 87.2 Å². The molecule has 0 atom stereocenters. The third-order valence-corrected chi connectivity index (χ3v) is 2.12. The summed E-state index contributed by atoms with van der Waals surface area (Å²) in [6, 6.07) is 1.38. The Morgan fingerprint density at radius 1 is 1.43 bits per heavy atom. The highest BCUT2D eigenvalue weighted by Crippen LogP contribution is 2.43. The summed E-state index contributed by atoms with van der Waals surface area (Å²) < 4.78 is 4.87. The summed E-state index contributed by atoms with van der Waals surface area (Å²) in [5.41, 5.74) is 0.464. The zero-order chi connectivity index (χ0) is 10.7. The van der Waals surface area contributed by atoms with Crippen molar-refractivity contribution in [3.8, 4) is 17.2 Å². The number of ether oxygens (including phenoxy) is 1. The SMILES string of the molecule is C/C=C/c1cc(O)c(Cl)c(OC)c1O. The van der Waals surface area contributed by atoms with E-state index in [0.717, 1.165) is 0 Å². The van der Waals surface area contributed by atoms with Gasteiger partial charge in [-0.25, -0.2) is 0 Å². The average molecular weight is 215 g/mol.